The first kappa shape index (κ1) is 15.5. The minimum Gasteiger partial charge on any atom is -0.399 e. The van der Waals surface area contributed by atoms with Gasteiger partial charge in [0.25, 0.3) is 0 Å². The summed E-state index contributed by atoms with van der Waals surface area (Å²) in [6.07, 6.45) is 1.15. The number of nitrogen functional groups attached to an aromatic ring is 1. The third-order valence-electron chi connectivity index (χ3n) is 2.75. The molecule has 2 atom stereocenters. The third kappa shape index (κ3) is 5.30. The van der Waals surface area contributed by atoms with Crippen molar-refractivity contribution >= 4 is 21.4 Å². The Morgan fingerprint density at radius 1 is 1.37 bits per heavy atom. The van der Waals surface area contributed by atoms with E-state index in [4.69, 9.17) is 5.73 Å². The first-order valence-electron chi connectivity index (χ1n) is 6.02. The predicted molar refractivity (Wildman–Crippen MR) is 76.6 cm³/mol. The van der Waals surface area contributed by atoms with Crippen molar-refractivity contribution in [1.29, 1.82) is 0 Å². The van der Waals surface area contributed by atoms with Crippen LogP contribution < -0.4 is 11.1 Å². The van der Waals surface area contributed by atoms with Gasteiger partial charge >= 0.3 is 0 Å². The normalized spacial score (nSPS) is 14.7. The van der Waals surface area contributed by atoms with E-state index in [1.54, 1.807) is 32.0 Å². The molecular formula is C13H20N2O3S. The SMILES string of the molecule is CC(CS(C)(=O)=O)NC(=O)C(C)c1cccc(N)c1. The van der Waals surface area contributed by atoms with Gasteiger partial charge in [0.1, 0.15) is 9.84 Å². The minimum absolute atomic E-state index is 0.0671. The molecule has 0 heterocycles. The van der Waals surface area contributed by atoms with Gasteiger partial charge in [0.15, 0.2) is 0 Å². The summed E-state index contributed by atoms with van der Waals surface area (Å²) >= 11 is 0. The van der Waals surface area contributed by atoms with E-state index in [0.29, 0.717) is 5.69 Å². The lowest BCUT2D eigenvalue weighted by Gasteiger charge is -2.17. The lowest BCUT2D eigenvalue weighted by Crippen LogP contribution is -2.39. The number of rotatable bonds is 5. The third-order valence-corrected chi connectivity index (χ3v) is 3.85. The number of amides is 1. The molecule has 0 aliphatic carbocycles. The highest BCUT2D eigenvalue weighted by atomic mass is 32.2. The van der Waals surface area contributed by atoms with Crippen molar-refractivity contribution in [3.8, 4) is 0 Å². The molecule has 0 bridgehead atoms. The molecule has 1 aromatic carbocycles. The highest BCUT2D eigenvalue weighted by Gasteiger charge is 2.19. The Bertz CT molecular complexity index is 555. The largest absolute Gasteiger partial charge is 0.399 e. The van der Waals surface area contributed by atoms with Crippen LogP contribution in [0.15, 0.2) is 24.3 Å². The van der Waals surface area contributed by atoms with Crippen molar-refractivity contribution in [1.82, 2.24) is 5.32 Å². The number of carbonyl (C=O) groups is 1. The van der Waals surface area contributed by atoms with Gasteiger partial charge in [0.2, 0.25) is 5.91 Å². The predicted octanol–water partition coefficient (Wildman–Crippen LogP) is 0.922. The van der Waals surface area contributed by atoms with Gasteiger partial charge in [-0.25, -0.2) is 8.42 Å². The van der Waals surface area contributed by atoms with Crippen LogP contribution in [0.2, 0.25) is 0 Å². The van der Waals surface area contributed by atoms with Crippen LogP contribution in [0.4, 0.5) is 5.69 Å². The Balaban J connectivity index is 2.68. The summed E-state index contributed by atoms with van der Waals surface area (Å²) in [5.41, 5.74) is 7.08. The molecule has 0 aromatic heterocycles. The fourth-order valence-electron chi connectivity index (χ4n) is 1.84. The van der Waals surface area contributed by atoms with E-state index in [1.165, 1.54) is 0 Å². The number of hydrogen-bond acceptors (Lipinski definition) is 4. The van der Waals surface area contributed by atoms with Gasteiger partial charge in [-0.05, 0) is 31.5 Å². The van der Waals surface area contributed by atoms with Gasteiger partial charge in [-0.3, -0.25) is 4.79 Å². The summed E-state index contributed by atoms with van der Waals surface area (Å²) in [5, 5.41) is 2.70. The number of sulfone groups is 1. The van der Waals surface area contributed by atoms with E-state index < -0.39 is 15.9 Å². The average molecular weight is 284 g/mol. The van der Waals surface area contributed by atoms with Crippen LogP contribution in [-0.4, -0.2) is 32.4 Å². The number of anilines is 1. The second-order valence-electron chi connectivity index (χ2n) is 4.89. The van der Waals surface area contributed by atoms with Crippen molar-refractivity contribution in [2.45, 2.75) is 25.8 Å². The molecule has 0 saturated carbocycles. The van der Waals surface area contributed by atoms with Crippen molar-refractivity contribution in [3.05, 3.63) is 29.8 Å². The Morgan fingerprint density at radius 2 is 2.00 bits per heavy atom. The van der Waals surface area contributed by atoms with Gasteiger partial charge in [-0.1, -0.05) is 12.1 Å². The van der Waals surface area contributed by atoms with Crippen molar-refractivity contribution in [2.24, 2.45) is 0 Å². The molecule has 0 spiro atoms. The number of nitrogens with two attached hydrogens (primary N) is 1. The fourth-order valence-corrected chi connectivity index (χ4v) is 2.83. The maximum Gasteiger partial charge on any atom is 0.227 e. The van der Waals surface area contributed by atoms with Crippen LogP contribution in [0, 0.1) is 0 Å². The molecule has 0 aliphatic heterocycles. The molecule has 5 nitrogen and oxygen atoms in total. The van der Waals surface area contributed by atoms with Crippen LogP contribution in [0.1, 0.15) is 25.3 Å². The molecular weight excluding hydrogens is 264 g/mol. The van der Waals surface area contributed by atoms with E-state index in [0.717, 1.165) is 11.8 Å². The van der Waals surface area contributed by atoms with Crippen LogP contribution in [0.3, 0.4) is 0 Å². The van der Waals surface area contributed by atoms with Gasteiger partial charge in [-0.15, -0.1) is 0 Å². The van der Waals surface area contributed by atoms with Gasteiger partial charge < -0.3 is 11.1 Å². The number of nitrogens with one attached hydrogen (secondary N) is 1. The smallest absolute Gasteiger partial charge is 0.227 e. The maximum absolute atomic E-state index is 12.0. The Labute approximate surface area is 114 Å². The summed E-state index contributed by atoms with van der Waals surface area (Å²) in [7, 11) is -3.10. The molecule has 0 aliphatic rings. The molecule has 1 aromatic rings. The number of hydrogen-bond donors (Lipinski definition) is 2. The summed E-state index contributed by atoms with van der Waals surface area (Å²) < 4.78 is 22.3. The second kappa shape index (κ2) is 6.06. The topological polar surface area (TPSA) is 89.3 Å². The summed E-state index contributed by atoms with van der Waals surface area (Å²) in [6, 6.07) is 6.69. The zero-order valence-electron chi connectivity index (χ0n) is 11.4. The molecule has 0 radical (unpaired) electrons. The molecule has 1 rings (SSSR count). The Kier molecular flexibility index (Phi) is 4.94. The van der Waals surface area contributed by atoms with Gasteiger partial charge in [0, 0.05) is 18.0 Å². The summed E-state index contributed by atoms with van der Waals surface area (Å²) in [5.74, 6) is -0.644. The second-order valence-corrected chi connectivity index (χ2v) is 7.08. The molecule has 106 valence electrons. The van der Waals surface area contributed by atoms with E-state index in [-0.39, 0.29) is 17.6 Å². The van der Waals surface area contributed by atoms with Gasteiger partial charge in [-0.2, -0.15) is 0 Å². The molecule has 1 amide bonds. The van der Waals surface area contributed by atoms with Crippen molar-refractivity contribution in [3.63, 3.8) is 0 Å². The standard InChI is InChI=1S/C13H20N2O3S/c1-9(8-19(3,17)18)15-13(16)10(2)11-5-4-6-12(14)7-11/h4-7,9-10H,8,14H2,1-3H3,(H,15,16). The molecule has 19 heavy (non-hydrogen) atoms. The summed E-state index contributed by atoms with van der Waals surface area (Å²) in [4.78, 5) is 12.0. The van der Waals surface area contributed by atoms with Crippen molar-refractivity contribution in [2.75, 3.05) is 17.7 Å². The molecule has 2 unspecified atom stereocenters. The van der Waals surface area contributed by atoms with E-state index in [1.807, 2.05) is 6.07 Å². The minimum atomic E-state index is -3.10. The van der Waals surface area contributed by atoms with Crippen LogP contribution in [0.25, 0.3) is 0 Å². The zero-order valence-corrected chi connectivity index (χ0v) is 12.2. The lowest BCUT2D eigenvalue weighted by molar-refractivity contribution is -0.122. The van der Waals surface area contributed by atoms with Crippen LogP contribution >= 0.6 is 0 Å². The molecule has 0 fully saturated rings. The van der Waals surface area contributed by atoms with E-state index >= 15 is 0 Å². The Hall–Kier alpha value is -1.56. The summed E-state index contributed by atoms with van der Waals surface area (Å²) in [6.45, 7) is 3.43. The average Bonchev–Trinajstić information content (AvgIpc) is 2.25. The highest BCUT2D eigenvalue weighted by molar-refractivity contribution is 7.90. The fraction of sp³-hybridized carbons (Fsp3) is 0.462. The van der Waals surface area contributed by atoms with E-state index in [2.05, 4.69) is 5.32 Å². The molecule has 0 saturated heterocycles. The van der Waals surface area contributed by atoms with Crippen molar-refractivity contribution < 1.29 is 13.2 Å². The quantitative estimate of drug-likeness (QED) is 0.787. The first-order valence-corrected chi connectivity index (χ1v) is 8.08. The monoisotopic (exact) mass is 284 g/mol. The zero-order chi connectivity index (χ0) is 14.6. The number of benzene rings is 1. The maximum atomic E-state index is 12.0. The van der Waals surface area contributed by atoms with E-state index in [9.17, 15) is 13.2 Å². The van der Waals surface area contributed by atoms with Crippen LogP contribution in [-0.2, 0) is 14.6 Å². The Morgan fingerprint density at radius 3 is 2.53 bits per heavy atom. The lowest BCUT2D eigenvalue weighted by atomic mass is 9.99. The highest BCUT2D eigenvalue weighted by Crippen LogP contribution is 2.17. The molecule has 6 heteroatoms. The van der Waals surface area contributed by atoms with Gasteiger partial charge in [0.05, 0.1) is 11.7 Å². The number of carbonyl (C=O) groups excluding carboxylic acids is 1. The molecule has 3 N–H and O–H groups in total. The van der Waals surface area contributed by atoms with Crippen LogP contribution in [0.5, 0.6) is 0 Å². The first-order chi connectivity index (χ1) is 8.69.